The molecule has 2 heterocycles. The van der Waals surface area contributed by atoms with Crippen molar-refractivity contribution in [3.05, 3.63) is 70.8 Å². The van der Waals surface area contributed by atoms with Crippen LogP contribution in [0, 0.1) is 0 Å². The summed E-state index contributed by atoms with van der Waals surface area (Å²) >= 11 is 1.90. The number of benzene rings is 3. The molecule has 0 radical (unpaired) electrons. The predicted octanol–water partition coefficient (Wildman–Crippen LogP) is 16.1. The van der Waals surface area contributed by atoms with Gasteiger partial charge in [0.1, 0.15) is 5.75 Å². The molecule has 0 amide bonds. The van der Waals surface area contributed by atoms with Crippen molar-refractivity contribution in [2.24, 2.45) is 0 Å². The fourth-order valence-electron chi connectivity index (χ4n) is 8.28. The molecule has 3 aromatic carbocycles. The lowest BCUT2D eigenvalue weighted by molar-refractivity contribution is 0.423. The van der Waals surface area contributed by atoms with Crippen LogP contribution in [-0.2, 0) is 23.7 Å². The predicted molar refractivity (Wildman–Crippen MR) is 264 cm³/mol. The van der Waals surface area contributed by atoms with Gasteiger partial charge in [0.15, 0.2) is 0 Å². The Morgan fingerprint density at radius 3 is 1.49 bits per heavy atom. The molecule has 1 aromatic heterocycles. The highest BCUT2D eigenvalue weighted by molar-refractivity contribution is 7.99. The third kappa shape index (κ3) is 13.6. The van der Waals surface area contributed by atoms with Crippen molar-refractivity contribution < 1.29 is 5.11 Å². The lowest BCUT2D eigenvalue weighted by Gasteiger charge is -2.33. The van der Waals surface area contributed by atoms with Gasteiger partial charge in [0.05, 0.1) is 11.4 Å². The Morgan fingerprint density at radius 1 is 0.574 bits per heavy atom. The number of hydrogen-bond acceptors (Lipinski definition) is 8. The first-order valence-electron chi connectivity index (χ1n) is 24.2. The molecule has 0 spiro atoms. The SMILES string of the molecule is CCCCCCCCc1ccc2c(c1)Sc1cc(CCCCCCCC)ccc1N2c1nc(Nc2cc(C(C)(C)C)c(O)c(C(C)(C)C)c2)nc(N(CCCC)CCCC)n1. The van der Waals surface area contributed by atoms with Gasteiger partial charge in [-0.15, -0.1) is 0 Å². The number of nitrogens with zero attached hydrogens (tertiary/aromatic N) is 5. The molecule has 0 unspecified atom stereocenters. The maximum absolute atomic E-state index is 11.6. The van der Waals surface area contributed by atoms with Crippen LogP contribution >= 0.6 is 11.8 Å². The second-order valence-electron chi connectivity index (χ2n) is 19.6. The van der Waals surface area contributed by atoms with E-state index < -0.39 is 0 Å². The first-order valence-corrected chi connectivity index (χ1v) is 25.0. The van der Waals surface area contributed by atoms with Crippen LogP contribution in [0.1, 0.15) is 194 Å². The van der Waals surface area contributed by atoms with Crippen molar-refractivity contribution in [3.8, 4) is 5.75 Å². The van der Waals surface area contributed by atoms with E-state index in [1.165, 1.54) is 98.0 Å². The van der Waals surface area contributed by atoms with Gasteiger partial charge in [0.2, 0.25) is 17.8 Å². The highest BCUT2D eigenvalue weighted by Crippen LogP contribution is 2.52. The van der Waals surface area contributed by atoms with Crippen LogP contribution < -0.4 is 15.1 Å². The number of aromatic hydroxyl groups is 1. The van der Waals surface area contributed by atoms with Crippen molar-refractivity contribution >= 4 is 46.7 Å². The lowest BCUT2D eigenvalue weighted by Crippen LogP contribution is -2.29. The third-order valence-electron chi connectivity index (χ3n) is 12.0. The van der Waals surface area contributed by atoms with Gasteiger partial charge in [-0.25, -0.2) is 0 Å². The van der Waals surface area contributed by atoms with Gasteiger partial charge in [-0.1, -0.05) is 170 Å². The molecule has 7 nitrogen and oxygen atoms in total. The molecule has 0 aliphatic carbocycles. The van der Waals surface area contributed by atoms with Crippen LogP contribution in [0.2, 0.25) is 0 Å². The van der Waals surface area contributed by atoms with Crippen molar-refractivity contribution in [2.45, 2.75) is 205 Å². The van der Waals surface area contributed by atoms with Gasteiger partial charge in [0.25, 0.3) is 0 Å². The third-order valence-corrected chi connectivity index (χ3v) is 13.1. The summed E-state index contributed by atoms with van der Waals surface area (Å²) in [5, 5.41) is 15.2. The average molecular weight is 849 g/mol. The van der Waals surface area contributed by atoms with E-state index in [2.05, 4.69) is 133 Å². The Hall–Kier alpha value is -3.78. The molecule has 2 N–H and O–H groups in total. The number of hydrogen-bond donors (Lipinski definition) is 2. The number of phenols is 1. The first-order chi connectivity index (χ1) is 29.3. The minimum atomic E-state index is -0.269. The summed E-state index contributed by atoms with van der Waals surface area (Å²) in [5.41, 5.74) is 7.13. The van der Waals surface area contributed by atoms with Crippen molar-refractivity contribution in [1.82, 2.24) is 15.0 Å². The van der Waals surface area contributed by atoms with Crippen LogP contribution in [-0.4, -0.2) is 33.1 Å². The highest BCUT2D eigenvalue weighted by Gasteiger charge is 2.30. The van der Waals surface area contributed by atoms with Crippen molar-refractivity contribution in [3.63, 3.8) is 0 Å². The summed E-state index contributed by atoms with van der Waals surface area (Å²) in [6, 6.07) is 18.2. The number of phenolic OH excluding ortho intramolecular Hbond substituents is 1. The van der Waals surface area contributed by atoms with E-state index in [1.54, 1.807) is 0 Å². The summed E-state index contributed by atoms with van der Waals surface area (Å²) < 4.78 is 0. The quantitative estimate of drug-likeness (QED) is 0.0470. The molecule has 0 saturated heterocycles. The molecule has 8 heteroatoms. The highest BCUT2D eigenvalue weighted by atomic mass is 32.2. The molecule has 0 bridgehead atoms. The van der Waals surface area contributed by atoms with E-state index in [0.717, 1.165) is 79.8 Å². The second-order valence-corrected chi connectivity index (χ2v) is 20.7. The van der Waals surface area contributed by atoms with Crippen LogP contribution in [0.15, 0.2) is 58.3 Å². The second kappa shape index (κ2) is 23.1. The van der Waals surface area contributed by atoms with Crippen LogP contribution in [0.4, 0.5) is 34.9 Å². The molecule has 5 rings (SSSR count). The molecule has 61 heavy (non-hydrogen) atoms. The summed E-state index contributed by atoms with van der Waals surface area (Å²) in [7, 11) is 0. The van der Waals surface area contributed by atoms with Gasteiger partial charge in [0, 0.05) is 39.7 Å². The number of unbranched alkanes of at least 4 members (excludes halogenated alkanes) is 12. The van der Waals surface area contributed by atoms with Crippen LogP contribution in [0.5, 0.6) is 5.75 Å². The molecule has 334 valence electrons. The number of fused-ring (bicyclic) bond motifs is 2. The Balaban J connectivity index is 1.62. The molecular formula is C53H80N6OS. The number of nitrogens with one attached hydrogen (secondary N) is 1. The van der Waals surface area contributed by atoms with Crippen molar-refractivity contribution in [2.75, 3.05) is 28.2 Å². The number of aromatic nitrogens is 3. The van der Waals surface area contributed by atoms with Gasteiger partial charge in [-0.2, -0.15) is 15.0 Å². The molecule has 4 aromatic rings. The number of rotatable bonds is 24. The van der Waals surface area contributed by atoms with E-state index >= 15 is 0 Å². The minimum Gasteiger partial charge on any atom is -0.507 e. The van der Waals surface area contributed by atoms with Gasteiger partial charge >= 0.3 is 0 Å². The average Bonchev–Trinajstić information content (AvgIpc) is 3.22. The first kappa shape index (κ1) is 48.3. The fraction of sp³-hybridized carbons (Fsp3) is 0.604. The summed E-state index contributed by atoms with van der Waals surface area (Å²) in [4.78, 5) is 23.0. The van der Waals surface area contributed by atoms with E-state index in [9.17, 15) is 5.11 Å². The Labute approximate surface area is 375 Å². The standard InChI is InChI=1S/C53H80N6OS/c1-11-15-19-21-23-25-27-39-29-31-44-46(35-39)61-47-36-40(28-26-24-22-20-16-12-2)30-32-45(47)59(44)51-56-49(55-50(57-51)58(33-17-13-3)34-18-14-4)54-41-37-42(52(5,6)7)48(60)43(38-41)53(8,9)10/h29-32,35-38,60H,11-28,33-34H2,1-10H3,(H,54,55,56,57). The normalized spacial score (nSPS) is 12.7. The maximum atomic E-state index is 11.6. The largest absolute Gasteiger partial charge is 0.507 e. The zero-order chi connectivity index (χ0) is 44.0. The van der Waals surface area contributed by atoms with E-state index in [1.807, 2.05) is 11.8 Å². The lowest BCUT2D eigenvalue weighted by atomic mass is 9.79. The minimum absolute atomic E-state index is 0.269. The Bertz CT molecular complexity index is 1870. The van der Waals surface area contributed by atoms with Gasteiger partial charge in [-0.3, -0.25) is 4.90 Å². The molecule has 1 aliphatic rings. The summed E-state index contributed by atoms with van der Waals surface area (Å²) in [6.45, 7) is 23.7. The van der Waals surface area contributed by atoms with E-state index in [4.69, 9.17) is 15.0 Å². The van der Waals surface area contributed by atoms with E-state index in [-0.39, 0.29) is 10.8 Å². The molecule has 0 fully saturated rings. The molecule has 0 atom stereocenters. The zero-order valence-corrected chi connectivity index (χ0v) is 40.7. The zero-order valence-electron chi connectivity index (χ0n) is 39.9. The monoisotopic (exact) mass is 849 g/mol. The van der Waals surface area contributed by atoms with E-state index in [0.29, 0.717) is 23.6 Å². The number of aryl methyl sites for hydroxylation is 2. The summed E-state index contributed by atoms with van der Waals surface area (Å²) in [6.07, 6.45) is 22.1. The topological polar surface area (TPSA) is 77.4 Å². The number of anilines is 6. The fourth-order valence-corrected chi connectivity index (χ4v) is 9.47. The Morgan fingerprint density at radius 2 is 1.03 bits per heavy atom. The molecule has 0 saturated carbocycles. The summed E-state index contributed by atoms with van der Waals surface area (Å²) in [5.74, 6) is 2.18. The van der Waals surface area contributed by atoms with Gasteiger partial charge in [-0.05, 0) is 96.9 Å². The van der Waals surface area contributed by atoms with Crippen LogP contribution in [0.3, 0.4) is 0 Å². The maximum Gasteiger partial charge on any atom is 0.241 e. The van der Waals surface area contributed by atoms with Crippen LogP contribution in [0.25, 0.3) is 0 Å². The van der Waals surface area contributed by atoms with Crippen molar-refractivity contribution in [1.29, 1.82) is 0 Å². The smallest absolute Gasteiger partial charge is 0.241 e. The molecular weight excluding hydrogens is 769 g/mol. The van der Waals surface area contributed by atoms with Gasteiger partial charge < -0.3 is 15.3 Å². The molecule has 1 aliphatic heterocycles. The Kier molecular flexibility index (Phi) is 18.2.